The fourth-order valence-corrected chi connectivity index (χ4v) is 3.22. The van der Waals surface area contributed by atoms with Crippen molar-refractivity contribution in [1.82, 2.24) is 14.9 Å². The summed E-state index contributed by atoms with van der Waals surface area (Å²) < 4.78 is 8.33. The number of nitrogens with one attached hydrogen (secondary N) is 1. The lowest BCUT2D eigenvalue weighted by Crippen LogP contribution is -2.24. The van der Waals surface area contributed by atoms with Gasteiger partial charge in [-0.05, 0) is 44.2 Å². The third kappa shape index (κ3) is 4.83. The Balaban J connectivity index is 1.47. The zero-order valence-electron chi connectivity index (χ0n) is 13.9. The summed E-state index contributed by atoms with van der Waals surface area (Å²) in [5.74, 6) is 1.61. The van der Waals surface area contributed by atoms with Crippen molar-refractivity contribution < 1.29 is 4.74 Å². The molecule has 4 heteroatoms. The summed E-state index contributed by atoms with van der Waals surface area (Å²) in [6, 6.07) is 8.42. The highest BCUT2D eigenvalue weighted by Gasteiger charge is 2.17. The molecular formula is C19H27N3O. The third-order valence-electron chi connectivity index (χ3n) is 4.46. The molecule has 1 saturated carbocycles. The van der Waals surface area contributed by atoms with Crippen LogP contribution in [0, 0.1) is 5.92 Å². The lowest BCUT2D eigenvalue weighted by atomic mass is 10.1. The van der Waals surface area contributed by atoms with E-state index in [1.165, 1.54) is 31.2 Å². The fraction of sp³-hybridized carbons (Fsp3) is 0.526. The molecule has 1 aromatic heterocycles. The molecule has 1 N–H and O–H groups in total. The van der Waals surface area contributed by atoms with Crippen LogP contribution in [0.4, 0.5) is 0 Å². The predicted molar refractivity (Wildman–Crippen MR) is 92.4 cm³/mol. The van der Waals surface area contributed by atoms with Crippen LogP contribution in [0.15, 0.2) is 43.0 Å². The smallest absolute Gasteiger partial charge is 0.124 e. The standard InChI is InChI=1S/C19H27N3O/c1-16(14-22-11-10-20-15-22)12-21-13-17-6-2-5-9-19(17)23-18-7-3-4-8-18/h2,5-6,9-11,15-16,18,21H,3-4,7-8,12-14H2,1H3. The Labute approximate surface area is 138 Å². The molecule has 0 aliphatic heterocycles. The molecule has 1 heterocycles. The molecule has 0 radical (unpaired) electrons. The van der Waals surface area contributed by atoms with Crippen LogP contribution in [-0.4, -0.2) is 22.2 Å². The van der Waals surface area contributed by atoms with Gasteiger partial charge in [0, 0.05) is 31.0 Å². The van der Waals surface area contributed by atoms with Crippen molar-refractivity contribution in [3.63, 3.8) is 0 Å². The maximum absolute atomic E-state index is 6.20. The van der Waals surface area contributed by atoms with Crippen LogP contribution in [-0.2, 0) is 13.1 Å². The number of nitrogens with zero attached hydrogens (tertiary/aromatic N) is 2. The van der Waals surface area contributed by atoms with E-state index in [9.17, 15) is 0 Å². The fourth-order valence-electron chi connectivity index (χ4n) is 3.22. The van der Waals surface area contributed by atoms with E-state index < -0.39 is 0 Å². The summed E-state index contributed by atoms with van der Waals surface area (Å²) in [4.78, 5) is 4.09. The first-order valence-electron chi connectivity index (χ1n) is 8.72. The number of rotatable bonds is 8. The number of aromatic nitrogens is 2. The van der Waals surface area contributed by atoms with Crippen LogP contribution >= 0.6 is 0 Å². The van der Waals surface area contributed by atoms with E-state index >= 15 is 0 Å². The van der Waals surface area contributed by atoms with E-state index in [2.05, 4.69) is 46.1 Å². The van der Waals surface area contributed by atoms with Gasteiger partial charge in [0.1, 0.15) is 5.75 Å². The van der Waals surface area contributed by atoms with Crippen molar-refractivity contribution in [2.75, 3.05) is 6.54 Å². The molecule has 0 spiro atoms. The molecule has 0 saturated heterocycles. The van der Waals surface area contributed by atoms with Crippen molar-refractivity contribution in [2.45, 2.75) is 51.8 Å². The minimum atomic E-state index is 0.413. The number of ether oxygens (including phenoxy) is 1. The maximum atomic E-state index is 6.20. The summed E-state index contributed by atoms with van der Waals surface area (Å²) in [7, 11) is 0. The number of hydrogen-bond donors (Lipinski definition) is 1. The Morgan fingerprint density at radius 1 is 1.30 bits per heavy atom. The van der Waals surface area contributed by atoms with Gasteiger partial charge in [0.25, 0.3) is 0 Å². The van der Waals surface area contributed by atoms with Gasteiger partial charge in [-0.15, -0.1) is 0 Å². The molecule has 2 aromatic rings. The van der Waals surface area contributed by atoms with Gasteiger partial charge in [0.15, 0.2) is 0 Å². The quantitative estimate of drug-likeness (QED) is 0.809. The summed E-state index contributed by atoms with van der Waals surface area (Å²) in [5, 5.41) is 3.57. The molecule has 0 bridgehead atoms. The number of benzene rings is 1. The molecule has 1 unspecified atom stereocenters. The van der Waals surface area contributed by atoms with Crippen LogP contribution in [0.25, 0.3) is 0 Å². The van der Waals surface area contributed by atoms with Gasteiger partial charge < -0.3 is 14.6 Å². The van der Waals surface area contributed by atoms with Crippen LogP contribution in [0.5, 0.6) is 5.75 Å². The van der Waals surface area contributed by atoms with E-state index in [0.717, 1.165) is 25.4 Å². The van der Waals surface area contributed by atoms with Gasteiger partial charge in [-0.2, -0.15) is 0 Å². The highest BCUT2D eigenvalue weighted by molar-refractivity contribution is 5.33. The zero-order chi connectivity index (χ0) is 15.9. The monoisotopic (exact) mass is 313 g/mol. The molecule has 1 fully saturated rings. The SMILES string of the molecule is CC(CNCc1ccccc1OC1CCCC1)Cn1ccnc1. The Hall–Kier alpha value is -1.81. The largest absolute Gasteiger partial charge is 0.490 e. The second-order valence-corrected chi connectivity index (χ2v) is 6.63. The lowest BCUT2D eigenvalue weighted by Gasteiger charge is -2.18. The Kier molecular flexibility index (Phi) is 5.70. The molecule has 0 amide bonds. The maximum Gasteiger partial charge on any atom is 0.124 e. The van der Waals surface area contributed by atoms with Crippen molar-refractivity contribution in [1.29, 1.82) is 0 Å². The van der Waals surface area contributed by atoms with Crippen LogP contribution in [0.1, 0.15) is 38.2 Å². The van der Waals surface area contributed by atoms with Gasteiger partial charge in [0.05, 0.1) is 12.4 Å². The van der Waals surface area contributed by atoms with Crippen molar-refractivity contribution >= 4 is 0 Å². The van der Waals surface area contributed by atoms with Crippen molar-refractivity contribution in [2.24, 2.45) is 5.92 Å². The molecule has 124 valence electrons. The van der Waals surface area contributed by atoms with Gasteiger partial charge in [-0.3, -0.25) is 0 Å². The van der Waals surface area contributed by atoms with Gasteiger partial charge >= 0.3 is 0 Å². The van der Waals surface area contributed by atoms with Crippen molar-refractivity contribution in [3.8, 4) is 5.75 Å². The average molecular weight is 313 g/mol. The van der Waals surface area contributed by atoms with Gasteiger partial charge in [0.2, 0.25) is 0 Å². The second kappa shape index (κ2) is 8.16. The normalized spacial score (nSPS) is 16.6. The molecule has 1 atom stereocenters. The second-order valence-electron chi connectivity index (χ2n) is 6.63. The van der Waals surface area contributed by atoms with Crippen molar-refractivity contribution in [3.05, 3.63) is 48.5 Å². The number of imidazole rings is 1. The van der Waals surface area contributed by atoms with E-state index in [1.54, 1.807) is 0 Å². The summed E-state index contributed by atoms with van der Waals surface area (Å²) in [6.45, 7) is 5.09. The first kappa shape index (κ1) is 16.1. The lowest BCUT2D eigenvalue weighted by molar-refractivity contribution is 0.207. The summed E-state index contributed by atoms with van der Waals surface area (Å²) in [6.07, 6.45) is 11.1. The molecule has 23 heavy (non-hydrogen) atoms. The van der Waals surface area contributed by atoms with E-state index in [1.807, 2.05) is 18.7 Å². The molecule has 4 nitrogen and oxygen atoms in total. The van der Waals surface area contributed by atoms with Crippen LogP contribution in [0.3, 0.4) is 0 Å². The van der Waals surface area contributed by atoms with Crippen LogP contribution < -0.4 is 10.1 Å². The van der Waals surface area contributed by atoms with E-state index in [4.69, 9.17) is 4.74 Å². The third-order valence-corrected chi connectivity index (χ3v) is 4.46. The van der Waals surface area contributed by atoms with E-state index in [-0.39, 0.29) is 0 Å². The molecular weight excluding hydrogens is 286 g/mol. The highest BCUT2D eigenvalue weighted by Crippen LogP contribution is 2.26. The Morgan fingerprint density at radius 3 is 2.91 bits per heavy atom. The first-order valence-corrected chi connectivity index (χ1v) is 8.72. The average Bonchev–Trinajstić information content (AvgIpc) is 3.23. The van der Waals surface area contributed by atoms with Gasteiger partial charge in [-0.1, -0.05) is 25.1 Å². The van der Waals surface area contributed by atoms with Gasteiger partial charge in [-0.25, -0.2) is 4.98 Å². The Morgan fingerprint density at radius 2 is 2.13 bits per heavy atom. The first-order chi connectivity index (χ1) is 11.3. The summed E-state index contributed by atoms with van der Waals surface area (Å²) >= 11 is 0. The summed E-state index contributed by atoms with van der Waals surface area (Å²) in [5.41, 5.74) is 1.26. The zero-order valence-corrected chi connectivity index (χ0v) is 13.9. The Bertz CT molecular complexity index is 576. The minimum absolute atomic E-state index is 0.413. The molecule has 1 aromatic carbocycles. The highest BCUT2D eigenvalue weighted by atomic mass is 16.5. The topological polar surface area (TPSA) is 39.1 Å². The van der Waals surface area contributed by atoms with E-state index in [0.29, 0.717) is 12.0 Å². The molecule has 1 aliphatic rings. The predicted octanol–water partition coefficient (Wildman–Crippen LogP) is 3.63. The molecule has 3 rings (SSSR count). The molecule has 1 aliphatic carbocycles. The minimum Gasteiger partial charge on any atom is -0.490 e. The van der Waals surface area contributed by atoms with Crippen LogP contribution in [0.2, 0.25) is 0 Å². The number of para-hydroxylation sites is 1. The number of hydrogen-bond acceptors (Lipinski definition) is 3.